The van der Waals surface area contributed by atoms with E-state index < -0.39 is 6.09 Å². The van der Waals surface area contributed by atoms with Gasteiger partial charge in [-0.25, -0.2) is 9.59 Å². The van der Waals surface area contributed by atoms with E-state index in [2.05, 4.69) is 4.98 Å². The molecule has 0 spiro atoms. The van der Waals surface area contributed by atoms with Crippen LogP contribution in [0.25, 0.3) is 0 Å². The predicted octanol–water partition coefficient (Wildman–Crippen LogP) is 0.577. The van der Waals surface area contributed by atoms with E-state index in [1.807, 2.05) is 0 Å². The van der Waals surface area contributed by atoms with E-state index in [1.165, 1.54) is 4.90 Å². The third-order valence-electron chi connectivity index (χ3n) is 4.36. The molecule has 3 amide bonds. The minimum atomic E-state index is -0.982. The average molecular weight is 350 g/mol. The van der Waals surface area contributed by atoms with Gasteiger partial charge in [0.25, 0.3) is 0 Å². The lowest BCUT2D eigenvalue weighted by Crippen LogP contribution is -2.61. The van der Waals surface area contributed by atoms with Crippen LogP contribution in [0.3, 0.4) is 0 Å². The fraction of sp³-hybridized carbons (Fsp3) is 0.562. The van der Waals surface area contributed by atoms with Gasteiger partial charge < -0.3 is 29.3 Å². The number of morpholine rings is 1. The molecule has 2 aliphatic heterocycles. The maximum absolute atomic E-state index is 12.8. The van der Waals surface area contributed by atoms with Crippen LogP contribution in [-0.4, -0.2) is 95.5 Å². The first kappa shape index (κ1) is 17.3. The molecule has 2 saturated heterocycles. The number of rotatable bonds is 3. The lowest BCUT2D eigenvalue weighted by atomic mass is 10.2. The molecule has 3 heterocycles. The topological polar surface area (TPSA) is 95.4 Å². The summed E-state index contributed by atoms with van der Waals surface area (Å²) in [5.41, 5.74) is 0. The summed E-state index contributed by atoms with van der Waals surface area (Å²) < 4.78 is 11.0. The van der Waals surface area contributed by atoms with Crippen LogP contribution in [0, 0.1) is 0 Å². The standard InChI is InChI=1S/C16H22N4O5/c21-15(18-6-8-24-9-7-18)20-5-4-19(16(22)23)11-13(20)12-25-14-2-1-3-17-10-14/h1-3,10,13H,4-9,11-12H2,(H,22,23). The fourth-order valence-electron chi connectivity index (χ4n) is 2.98. The molecular formula is C16H22N4O5. The summed E-state index contributed by atoms with van der Waals surface area (Å²) in [5, 5.41) is 9.26. The Labute approximate surface area is 145 Å². The molecule has 0 radical (unpaired) electrons. The van der Waals surface area contributed by atoms with Crippen LogP contribution < -0.4 is 4.74 Å². The van der Waals surface area contributed by atoms with Crippen LogP contribution in [0.4, 0.5) is 9.59 Å². The average Bonchev–Trinajstić information content (AvgIpc) is 2.67. The molecule has 1 N–H and O–H groups in total. The Balaban J connectivity index is 1.67. The Hall–Kier alpha value is -2.55. The smallest absolute Gasteiger partial charge is 0.407 e. The van der Waals surface area contributed by atoms with Crippen LogP contribution in [0.1, 0.15) is 0 Å². The highest BCUT2D eigenvalue weighted by atomic mass is 16.5. The zero-order valence-electron chi connectivity index (χ0n) is 13.9. The van der Waals surface area contributed by atoms with Gasteiger partial charge in [0.2, 0.25) is 0 Å². The van der Waals surface area contributed by atoms with Crippen LogP contribution >= 0.6 is 0 Å². The highest BCUT2D eigenvalue weighted by Crippen LogP contribution is 2.16. The summed E-state index contributed by atoms with van der Waals surface area (Å²) >= 11 is 0. The molecule has 1 aromatic heterocycles. The van der Waals surface area contributed by atoms with Gasteiger partial charge in [-0.2, -0.15) is 0 Å². The van der Waals surface area contributed by atoms with E-state index in [4.69, 9.17) is 9.47 Å². The van der Waals surface area contributed by atoms with Crippen molar-refractivity contribution in [2.75, 3.05) is 52.5 Å². The Morgan fingerprint density at radius 2 is 2.04 bits per heavy atom. The molecule has 2 fully saturated rings. The Kier molecular flexibility index (Phi) is 5.54. The summed E-state index contributed by atoms with van der Waals surface area (Å²) in [6.07, 6.45) is 2.25. The van der Waals surface area contributed by atoms with Crippen LogP contribution in [0.2, 0.25) is 0 Å². The van der Waals surface area contributed by atoms with Gasteiger partial charge >= 0.3 is 12.1 Å². The number of amides is 3. The van der Waals surface area contributed by atoms with Gasteiger partial charge in [-0.15, -0.1) is 0 Å². The molecule has 3 rings (SSSR count). The number of carboxylic acid groups (broad SMARTS) is 1. The third-order valence-corrected chi connectivity index (χ3v) is 4.36. The van der Waals surface area contributed by atoms with Gasteiger partial charge in [0.05, 0.1) is 25.5 Å². The largest absolute Gasteiger partial charge is 0.490 e. The molecule has 9 nitrogen and oxygen atoms in total. The summed E-state index contributed by atoms with van der Waals surface area (Å²) in [6.45, 7) is 3.24. The van der Waals surface area contributed by atoms with Gasteiger partial charge in [0, 0.05) is 38.9 Å². The molecule has 9 heteroatoms. The number of urea groups is 1. The number of pyridine rings is 1. The minimum Gasteiger partial charge on any atom is -0.490 e. The second kappa shape index (κ2) is 8.02. The Morgan fingerprint density at radius 3 is 2.72 bits per heavy atom. The SMILES string of the molecule is O=C(O)N1CCN(C(=O)N2CCOCC2)C(COc2cccnc2)C1. The Morgan fingerprint density at radius 1 is 1.24 bits per heavy atom. The molecule has 0 bridgehead atoms. The highest BCUT2D eigenvalue weighted by Gasteiger charge is 2.35. The summed E-state index contributed by atoms with van der Waals surface area (Å²) in [7, 11) is 0. The number of piperazine rings is 1. The van der Waals surface area contributed by atoms with Crippen molar-refractivity contribution in [3.8, 4) is 5.75 Å². The van der Waals surface area contributed by atoms with Crippen molar-refractivity contribution < 1.29 is 24.2 Å². The van der Waals surface area contributed by atoms with Crippen LogP contribution in [0.5, 0.6) is 5.75 Å². The zero-order chi connectivity index (χ0) is 17.6. The number of ether oxygens (including phenoxy) is 2. The fourth-order valence-corrected chi connectivity index (χ4v) is 2.98. The second-order valence-corrected chi connectivity index (χ2v) is 5.96. The van der Waals surface area contributed by atoms with E-state index in [-0.39, 0.29) is 25.2 Å². The van der Waals surface area contributed by atoms with Crippen molar-refractivity contribution in [3.63, 3.8) is 0 Å². The normalized spacial score (nSPS) is 21.1. The first-order valence-corrected chi connectivity index (χ1v) is 8.29. The first-order valence-electron chi connectivity index (χ1n) is 8.29. The van der Waals surface area contributed by atoms with E-state index in [0.29, 0.717) is 45.1 Å². The van der Waals surface area contributed by atoms with Crippen molar-refractivity contribution in [1.29, 1.82) is 0 Å². The van der Waals surface area contributed by atoms with Crippen molar-refractivity contribution >= 4 is 12.1 Å². The van der Waals surface area contributed by atoms with Crippen LogP contribution in [-0.2, 0) is 4.74 Å². The lowest BCUT2D eigenvalue weighted by Gasteiger charge is -2.42. The molecule has 1 atom stereocenters. The minimum absolute atomic E-state index is 0.0897. The molecule has 1 aromatic rings. The summed E-state index contributed by atoms with van der Waals surface area (Å²) in [5.74, 6) is 0.591. The van der Waals surface area contributed by atoms with Crippen LogP contribution in [0.15, 0.2) is 24.5 Å². The summed E-state index contributed by atoms with van der Waals surface area (Å²) in [4.78, 5) is 32.9. The van der Waals surface area contributed by atoms with Gasteiger partial charge in [-0.1, -0.05) is 0 Å². The molecule has 1 unspecified atom stereocenters. The number of hydrogen-bond acceptors (Lipinski definition) is 5. The lowest BCUT2D eigenvalue weighted by molar-refractivity contribution is 0.0206. The molecule has 0 aromatic carbocycles. The van der Waals surface area contributed by atoms with E-state index >= 15 is 0 Å². The second-order valence-electron chi connectivity index (χ2n) is 5.96. The highest BCUT2D eigenvalue weighted by molar-refractivity contribution is 5.75. The quantitative estimate of drug-likeness (QED) is 0.857. The first-order chi connectivity index (χ1) is 12.1. The van der Waals surface area contributed by atoms with E-state index in [0.717, 1.165) is 0 Å². The third kappa shape index (κ3) is 4.30. The number of carbonyl (C=O) groups excluding carboxylic acids is 1. The molecule has 25 heavy (non-hydrogen) atoms. The van der Waals surface area contributed by atoms with Crippen molar-refractivity contribution in [3.05, 3.63) is 24.5 Å². The maximum atomic E-state index is 12.8. The van der Waals surface area contributed by atoms with Gasteiger partial charge in [-0.05, 0) is 12.1 Å². The van der Waals surface area contributed by atoms with E-state index in [9.17, 15) is 14.7 Å². The maximum Gasteiger partial charge on any atom is 0.407 e. The zero-order valence-corrected chi connectivity index (χ0v) is 13.9. The van der Waals surface area contributed by atoms with Gasteiger partial charge in [-0.3, -0.25) is 4.98 Å². The van der Waals surface area contributed by atoms with Crippen molar-refractivity contribution in [2.45, 2.75) is 6.04 Å². The van der Waals surface area contributed by atoms with Gasteiger partial charge in [0.15, 0.2) is 0 Å². The van der Waals surface area contributed by atoms with E-state index in [1.54, 1.807) is 34.3 Å². The predicted molar refractivity (Wildman–Crippen MR) is 87.6 cm³/mol. The Bertz CT molecular complexity index is 593. The molecule has 0 aliphatic carbocycles. The van der Waals surface area contributed by atoms with Crippen molar-refractivity contribution in [2.24, 2.45) is 0 Å². The molecule has 2 aliphatic rings. The number of carbonyl (C=O) groups is 2. The number of nitrogens with zero attached hydrogens (tertiary/aromatic N) is 4. The molecule has 136 valence electrons. The van der Waals surface area contributed by atoms with Gasteiger partial charge in [0.1, 0.15) is 12.4 Å². The van der Waals surface area contributed by atoms with Crippen molar-refractivity contribution in [1.82, 2.24) is 19.7 Å². The molecule has 0 saturated carbocycles. The monoisotopic (exact) mass is 350 g/mol. The number of aromatic nitrogens is 1. The molecular weight excluding hydrogens is 328 g/mol. The number of hydrogen-bond donors (Lipinski definition) is 1. The summed E-state index contributed by atoms with van der Waals surface area (Å²) in [6, 6.07) is 3.10.